The van der Waals surface area contributed by atoms with E-state index < -0.39 is 0 Å². The Bertz CT molecular complexity index is 484. The fraction of sp³-hybridized carbons (Fsp3) is 0.333. The molecule has 0 unspecified atom stereocenters. The lowest BCUT2D eigenvalue weighted by Crippen LogP contribution is -2.30. The van der Waals surface area contributed by atoms with Crippen LogP contribution >= 0.6 is 0 Å². The van der Waals surface area contributed by atoms with E-state index in [2.05, 4.69) is 65.6 Å². The molecule has 1 fully saturated rings. The number of benzene rings is 2. The zero-order valence-electron chi connectivity index (χ0n) is 11.8. The third kappa shape index (κ3) is 3.09. The molecule has 20 heavy (non-hydrogen) atoms. The molecule has 1 aliphatic rings. The van der Waals surface area contributed by atoms with Crippen LogP contribution in [0.5, 0.6) is 0 Å². The lowest BCUT2D eigenvalue weighted by Gasteiger charge is -2.24. The van der Waals surface area contributed by atoms with Gasteiger partial charge in [0.15, 0.2) is 0 Å². The maximum absolute atomic E-state index is 6.04. The molecule has 0 amide bonds. The van der Waals surface area contributed by atoms with Gasteiger partial charge in [-0.1, -0.05) is 60.7 Å². The van der Waals surface area contributed by atoms with Crippen LogP contribution in [-0.2, 0) is 0 Å². The predicted octanol–water partition coefficient (Wildman–Crippen LogP) is 2.85. The SMILES string of the molecule is N[C@@H]1CCN(CC(c2ccccc2)c2ccccc2)C1. The topological polar surface area (TPSA) is 29.3 Å². The Labute approximate surface area is 121 Å². The van der Waals surface area contributed by atoms with Crippen LogP contribution in [0.15, 0.2) is 60.7 Å². The van der Waals surface area contributed by atoms with Gasteiger partial charge < -0.3 is 10.6 Å². The molecule has 104 valence electrons. The molecule has 2 N–H and O–H groups in total. The largest absolute Gasteiger partial charge is 0.326 e. The van der Waals surface area contributed by atoms with Crippen molar-refractivity contribution in [2.75, 3.05) is 19.6 Å². The smallest absolute Gasteiger partial charge is 0.0217 e. The van der Waals surface area contributed by atoms with E-state index in [9.17, 15) is 0 Å². The van der Waals surface area contributed by atoms with Crippen molar-refractivity contribution < 1.29 is 0 Å². The summed E-state index contributed by atoms with van der Waals surface area (Å²) in [6.45, 7) is 3.20. The van der Waals surface area contributed by atoms with Crippen molar-refractivity contribution in [1.82, 2.24) is 4.90 Å². The first-order valence-electron chi connectivity index (χ1n) is 7.41. The second kappa shape index (κ2) is 6.21. The summed E-state index contributed by atoms with van der Waals surface area (Å²) in [5.74, 6) is 0.433. The van der Waals surface area contributed by atoms with Gasteiger partial charge in [0.1, 0.15) is 0 Å². The van der Waals surface area contributed by atoms with Gasteiger partial charge >= 0.3 is 0 Å². The Hall–Kier alpha value is -1.64. The molecule has 1 saturated heterocycles. The average molecular weight is 266 g/mol. The van der Waals surface area contributed by atoms with E-state index in [0.717, 1.165) is 26.1 Å². The number of nitrogens with zero attached hydrogens (tertiary/aromatic N) is 1. The summed E-state index contributed by atoms with van der Waals surface area (Å²) in [5.41, 5.74) is 8.81. The number of hydrogen-bond acceptors (Lipinski definition) is 2. The summed E-state index contributed by atoms with van der Waals surface area (Å²) in [7, 11) is 0. The minimum Gasteiger partial charge on any atom is -0.326 e. The summed E-state index contributed by atoms with van der Waals surface area (Å²) >= 11 is 0. The Balaban J connectivity index is 1.84. The molecule has 1 heterocycles. The van der Waals surface area contributed by atoms with Crippen molar-refractivity contribution in [2.24, 2.45) is 5.73 Å². The van der Waals surface area contributed by atoms with Gasteiger partial charge in [-0.25, -0.2) is 0 Å². The number of hydrogen-bond donors (Lipinski definition) is 1. The Morgan fingerprint density at radius 1 is 0.950 bits per heavy atom. The number of rotatable bonds is 4. The van der Waals surface area contributed by atoms with Crippen LogP contribution in [-0.4, -0.2) is 30.6 Å². The Morgan fingerprint density at radius 2 is 1.50 bits per heavy atom. The number of nitrogens with two attached hydrogens (primary N) is 1. The van der Waals surface area contributed by atoms with E-state index >= 15 is 0 Å². The van der Waals surface area contributed by atoms with Crippen LogP contribution in [0.25, 0.3) is 0 Å². The summed E-state index contributed by atoms with van der Waals surface area (Å²) < 4.78 is 0. The highest BCUT2D eigenvalue weighted by Gasteiger charge is 2.23. The molecule has 2 aromatic carbocycles. The van der Waals surface area contributed by atoms with E-state index in [1.165, 1.54) is 11.1 Å². The minimum absolute atomic E-state index is 0.349. The van der Waals surface area contributed by atoms with Crippen molar-refractivity contribution in [1.29, 1.82) is 0 Å². The first kappa shape index (κ1) is 13.3. The van der Waals surface area contributed by atoms with Gasteiger partial charge in [0.2, 0.25) is 0 Å². The molecule has 0 bridgehead atoms. The Morgan fingerprint density at radius 3 is 1.95 bits per heavy atom. The number of likely N-dealkylation sites (tertiary alicyclic amines) is 1. The third-order valence-corrected chi connectivity index (χ3v) is 4.15. The van der Waals surface area contributed by atoms with E-state index in [4.69, 9.17) is 5.73 Å². The van der Waals surface area contributed by atoms with Crippen molar-refractivity contribution in [3.05, 3.63) is 71.8 Å². The van der Waals surface area contributed by atoms with Crippen LogP contribution < -0.4 is 5.73 Å². The van der Waals surface area contributed by atoms with Gasteiger partial charge in [0.05, 0.1) is 0 Å². The molecule has 0 aromatic heterocycles. The predicted molar refractivity (Wildman–Crippen MR) is 83.8 cm³/mol. The van der Waals surface area contributed by atoms with Crippen molar-refractivity contribution >= 4 is 0 Å². The third-order valence-electron chi connectivity index (χ3n) is 4.15. The van der Waals surface area contributed by atoms with Crippen LogP contribution in [0.2, 0.25) is 0 Å². The maximum Gasteiger partial charge on any atom is 0.0217 e. The molecule has 1 aliphatic heterocycles. The molecule has 0 spiro atoms. The minimum atomic E-state index is 0.349. The van der Waals surface area contributed by atoms with Gasteiger partial charge in [-0.3, -0.25) is 0 Å². The summed E-state index contributed by atoms with van der Waals surface area (Å²) in [6, 6.07) is 21.9. The van der Waals surface area contributed by atoms with Gasteiger partial charge in [-0.2, -0.15) is 0 Å². The van der Waals surface area contributed by atoms with Crippen molar-refractivity contribution in [3.8, 4) is 0 Å². The first-order chi connectivity index (χ1) is 9.83. The quantitative estimate of drug-likeness (QED) is 0.922. The normalized spacial score (nSPS) is 19.6. The van der Waals surface area contributed by atoms with Crippen LogP contribution in [0.4, 0.5) is 0 Å². The fourth-order valence-electron chi connectivity index (χ4n) is 3.06. The monoisotopic (exact) mass is 266 g/mol. The second-order valence-electron chi connectivity index (χ2n) is 5.68. The molecule has 3 rings (SSSR count). The highest BCUT2D eigenvalue weighted by Crippen LogP contribution is 2.26. The van der Waals surface area contributed by atoms with Crippen LogP contribution in [0.3, 0.4) is 0 Å². The second-order valence-corrected chi connectivity index (χ2v) is 5.68. The van der Waals surface area contributed by atoms with Gasteiger partial charge in [0, 0.05) is 25.0 Å². The molecule has 2 heteroatoms. The zero-order chi connectivity index (χ0) is 13.8. The van der Waals surface area contributed by atoms with Gasteiger partial charge in [-0.15, -0.1) is 0 Å². The van der Waals surface area contributed by atoms with Crippen molar-refractivity contribution in [2.45, 2.75) is 18.4 Å². The lowest BCUT2D eigenvalue weighted by molar-refractivity contribution is 0.323. The highest BCUT2D eigenvalue weighted by molar-refractivity contribution is 5.32. The molecule has 0 radical (unpaired) electrons. The standard InChI is InChI=1S/C18H22N2/c19-17-11-12-20(13-17)14-18(15-7-3-1-4-8-15)16-9-5-2-6-10-16/h1-10,17-18H,11-14,19H2/t17-/m1/s1. The molecule has 0 aliphatic carbocycles. The zero-order valence-corrected chi connectivity index (χ0v) is 11.8. The molecular formula is C18H22N2. The van der Waals surface area contributed by atoms with Crippen LogP contribution in [0.1, 0.15) is 23.5 Å². The van der Waals surface area contributed by atoms with E-state index in [0.29, 0.717) is 12.0 Å². The molecule has 2 nitrogen and oxygen atoms in total. The van der Waals surface area contributed by atoms with Crippen molar-refractivity contribution in [3.63, 3.8) is 0 Å². The van der Waals surface area contributed by atoms with Gasteiger partial charge in [0.25, 0.3) is 0 Å². The highest BCUT2D eigenvalue weighted by atomic mass is 15.2. The maximum atomic E-state index is 6.04. The van der Waals surface area contributed by atoms with Crippen LogP contribution in [0, 0.1) is 0 Å². The molecular weight excluding hydrogens is 244 g/mol. The summed E-state index contributed by atoms with van der Waals surface area (Å²) in [6.07, 6.45) is 1.12. The summed E-state index contributed by atoms with van der Waals surface area (Å²) in [5, 5.41) is 0. The first-order valence-corrected chi connectivity index (χ1v) is 7.41. The van der Waals surface area contributed by atoms with Gasteiger partial charge in [-0.05, 0) is 24.1 Å². The van der Waals surface area contributed by atoms with E-state index in [-0.39, 0.29) is 0 Å². The molecule has 1 atom stereocenters. The molecule has 2 aromatic rings. The van der Waals surface area contributed by atoms with E-state index in [1.54, 1.807) is 0 Å². The Kier molecular flexibility index (Phi) is 4.14. The summed E-state index contributed by atoms with van der Waals surface area (Å²) in [4.78, 5) is 2.50. The lowest BCUT2D eigenvalue weighted by atomic mass is 9.91. The molecule has 0 saturated carbocycles. The van der Waals surface area contributed by atoms with E-state index in [1.807, 2.05) is 0 Å². The fourth-order valence-corrected chi connectivity index (χ4v) is 3.06. The average Bonchev–Trinajstić information content (AvgIpc) is 2.92.